The van der Waals surface area contributed by atoms with E-state index >= 15 is 0 Å². The molecule has 0 radical (unpaired) electrons. The number of nitrogens with zero attached hydrogens (tertiary/aromatic N) is 2. The number of amides is 1. The highest BCUT2D eigenvalue weighted by Gasteiger charge is 2.41. The smallest absolute Gasteiger partial charge is 0.224 e. The van der Waals surface area contributed by atoms with Gasteiger partial charge in [0, 0.05) is 38.1 Å². The molecule has 0 aromatic rings. The summed E-state index contributed by atoms with van der Waals surface area (Å²) in [5.74, 6) is 0.368. The van der Waals surface area contributed by atoms with Crippen LogP contribution in [0.25, 0.3) is 0 Å². The Balaban J connectivity index is 1.41. The van der Waals surface area contributed by atoms with Gasteiger partial charge in [0.2, 0.25) is 5.91 Å². The van der Waals surface area contributed by atoms with E-state index in [9.17, 15) is 4.79 Å². The summed E-state index contributed by atoms with van der Waals surface area (Å²) in [5.41, 5.74) is 0. The van der Waals surface area contributed by atoms with Gasteiger partial charge in [-0.25, -0.2) is 0 Å². The Kier molecular flexibility index (Phi) is 3.85. The lowest BCUT2D eigenvalue weighted by atomic mass is 10.1. The molecule has 1 amide bonds. The molecular formula is C14H25N3O. The Labute approximate surface area is 110 Å². The highest BCUT2D eigenvalue weighted by atomic mass is 16.2. The first-order valence-corrected chi connectivity index (χ1v) is 7.60. The summed E-state index contributed by atoms with van der Waals surface area (Å²) in [5, 5.41) is 3.63. The maximum absolute atomic E-state index is 11.8. The molecule has 0 saturated carbocycles. The molecule has 4 heteroatoms. The molecule has 3 aliphatic heterocycles. The fourth-order valence-corrected chi connectivity index (χ4v) is 3.76. The molecule has 0 bridgehead atoms. The quantitative estimate of drug-likeness (QED) is 0.804. The maximum atomic E-state index is 11.8. The number of piperidine rings is 1. The second-order valence-electron chi connectivity index (χ2n) is 5.96. The minimum Gasteiger partial charge on any atom is -0.338 e. The lowest BCUT2D eigenvalue weighted by molar-refractivity contribution is -0.127. The summed E-state index contributed by atoms with van der Waals surface area (Å²) in [4.78, 5) is 16.5. The van der Waals surface area contributed by atoms with Crippen molar-refractivity contribution in [2.45, 2.75) is 50.6 Å². The van der Waals surface area contributed by atoms with Crippen LogP contribution < -0.4 is 5.32 Å². The number of fused-ring (bicyclic) bond motifs is 1. The lowest BCUT2D eigenvalue weighted by Crippen LogP contribution is -2.43. The lowest BCUT2D eigenvalue weighted by Gasteiger charge is -2.28. The number of nitrogens with one attached hydrogen (secondary N) is 1. The first-order chi connectivity index (χ1) is 8.84. The Morgan fingerprint density at radius 3 is 2.78 bits per heavy atom. The van der Waals surface area contributed by atoms with E-state index in [1.165, 1.54) is 45.2 Å². The normalized spacial score (nSPS) is 33.1. The summed E-state index contributed by atoms with van der Waals surface area (Å²) in [6.07, 6.45) is 7.24. The summed E-state index contributed by atoms with van der Waals surface area (Å²) in [6.45, 7) is 5.72. The van der Waals surface area contributed by atoms with Crippen molar-refractivity contribution in [1.82, 2.24) is 15.1 Å². The van der Waals surface area contributed by atoms with Crippen LogP contribution in [0.4, 0.5) is 0 Å². The van der Waals surface area contributed by atoms with Crippen LogP contribution >= 0.6 is 0 Å². The van der Waals surface area contributed by atoms with Gasteiger partial charge in [-0.05, 0) is 38.8 Å². The fourth-order valence-electron chi connectivity index (χ4n) is 3.76. The van der Waals surface area contributed by atoms with Gasteiger partial charge in [-0.15, -0.1) is 0 Å². The number of carbonyl (C=O) groups is 1. The maximum Gasteiger partial charge on any atom is 0.224 e. The molecule has 2 atom stereocenters. The monoisotopic (exact) mass is 251 g/mol. The van der Waals surface area contributed by atoms with Crippen LogP contribution in [0.1, 0.15) is 38.5 Å². The van der Waals surface area contributed by atoms with Crippen LogP contribution in [0.3, 0.4) is 0 Å². The van der Waals surface area contributed by atoms with Crippen LogP contribution in [-0.2, 0) is 4.79 Å². The van der Waals surface area contributed by atoms with Gasteiger partial charge in [0.05, 0.1) is 0 Å². The highest BCUT2D eigenvalue weighted by Crippen LogP contribution is 2.28. The Hall–Kier alpha value is -0.610. The number of likely N-dealkylation sites (tertiary alicyclic amines) is 1. The molecule has 0 spiro atoms. The summed E-state index contributed by atoms with van der Waals surface area (Å²) >= 11 is 0. The van der Waals surface area contributed by atoms with Crippen LogP contribution in [0.2, 0.25) is 0 Å². The van der Waals surface area contributed by atoms with Crippen molar-refractivity contribution in [3.8, 4) is 0 Å². The number of hydrogen-bond acceptors (Lipinski definition) is 3. The Morgan fingerprint density at radius 2 is 1.94 bits per heavy atom. The average molecular weight is 251 g/mol. The molecule has 0 aromatic carbocycles. The van der Waals surface area contributed by atoms with Gasteiger partial charge >= 0.3 is 0 Å². The summed E-state index contributed by atoms with van der Waals surface area (Å²) in [7, 11) is 0. The van der Waals surface area contributed by atoms with Crippen LogP contribution in [0.15, 0.2) is 0 Å². The molecule has 2 unspecified atom stereocenters. The van der Waals surface area contributed by atoms with Crippen molar-refractivity contribution in [2.24, 2.45) is 0 Å². The van der Waals surface area contributed by atoms with Gasteiger partial charge in [-0.3, -0.25) is 4.79 Å². The minimum atomic E-state index is 0.368. The first-order valence-electron chi connectivity index (χ1n) is 7.60. The van der Waals surface area contributed by atoms with Gasteiger partial charge in [0.1, 0.15) is 0 Å². The predicted molar refractivity (Wildman–Crippen MR) is 71.4 cm³/mol. The Morgan fingerprint density at radius 1 is 1.11 bits per heavy atom. The number of carbonyl (C=O) groups excluding carboxylic acids is 1. The third-order valence-corrected chi connectivity index (χ3v) is 4.76. The minimum absolute atomic E-state index is 0.368. The van der Waals surface area contributed by atoms with Crippen LogP contribution in [0, 0.1) is 0 Å². The van der Waals surface area contributed by atoms with E-state index < -0.39 is 0 Å². The molecule has 3 saturated heterocycles. The molecule has 1 N–H and O–H groups in total. The molecule has 4 nitrogen and oxygen atoms in total. The predicted octanol–water partition coefficient (Wildman–Crippen LogP) is 0.825. The first kappa shape index (κ1) is 12.4. The highest BCUT2D eigenvalue weighted by molar-refractivity contribution is 5.80. The van der Waals surface area contributed by atoms with Gasteiger partial charge in [-0.1, -0.05) is 6.42 Å². The van der Waals surface area contributed by atoms with E-state index in [0.717, 1.165) is 26.1 Å². The van der Waals surface area contributed by atoms with Crippen LogP contribution in [-0.4, -0.2) is 60.5 Å². The molecule has 3 rings (SSSR count). The van der Waals surface area contributed by atoms with E-state index in [2.05, 4.69) is 15.1 Å². The zero-order valence-corrected chi connectivity index (χ0v) is 11.2. The third kappa shape index (κ3) is 2.54. The molecule has 3 heterocycles. The van der Waals surface area contributed by atoms with Crippen molar-refractivity contribution in [1.29, 1.82) is 0 Å². The topological polar surface area (TPSA) is 35.6 Å². The van der Waals surface area contributed by atoms with E-state index in [-0.39, 0.29) is 0 Å². The van der Waals surface area contributed by atoms with Crippen molar-refractivity contribution < 1.29 is 4.79 Å². The zero-order valence-electron chi connectivity index (χ0n) is 11.2. The molecule has 3 fully saturated rings. The standard InChI is InChI=1S/C14H25N3O/c18-14-11-12(13-5-4-9-17(13)14)15-6-10-16-7-2-1-3-8-16/h12-13,15H,1-11H2. The van der Waals surface area contributed by atoms with Gasteiger partial charge in [-0.2, -0.15) is 0 Å². The third-order valence-electron chi connectivity index (χ3n) is 4.76. The molecular weight excluding hydrogens is 226 g/mol. The molecule has 18 heavy (non-hydrogen) atoms. The molecule has 0 aliphatic carbocycles. The van der Waals surface area contributed by atoms with E-state index in [0.29, 0.717) is 18.0 Å². The molecule has 3 aliphatic rings. The van der Waals surface area contributed by atoms with Crippen molar-refractivity contribution in [3.05, 3.63) is 0 Å². The fraction of sp³-hybridized carbons (Fsp3) is 0.929. The number of rotatable bonds is 4. The summed E-state index contributed by atoms with van der Waals surface area (Å²) in [6, 6.07) is 0.920. The van der Waals surface area contributed by atoms with E-state index in [1.54, 1.807) is 0 Å². The van der Waals surface area contributed by atoms with Gasteiger partial charge in [0.25, 0.3) is 0 Å². The SMILES string of the molecule is O=C1CC(NCCN2CCCCC2)C2CCCN12. The molecule has 102 valence electrons. The zero-order chi connectivity index (χ0) is 12.4. The largest absolute Gasteiger partial charge is 0.338 e. The summed E-state index contributed by atoms with van der Waals surface area (Å²) < 4.78 is 0. The van der Waals surface area contributed by atoms with Crippen molar-refractivity contribution in [2.75, 3.05) is 32.7 Å². The van der Waals surface area contributed by atoms with E-state index in [1.807, 2.05) is 0 Å². The van der Waals surface area contributed by atoms with Gasteiger partial charge in [0.15, 0.2) is 0 Å². The Bertz CT molecular complexity index is 301. The second-order valence-corrected chi connectivity index (χ2v) is 5.96. The van der Waals surface area contributed by atoms with Crippen LogP contribution in [0.5, 0.6) is 0 Å². The average Bonchev–Trinajstić information content (AvgIpc) is 2.97. The second kappa shape index (κ2) is 5.57. The van der Waals surface area contributed by atoms with Crippen molar-refractivity contribution >= 4 is 5.91 Å². The number of hydrogen-bond donors (Lipinski definition) is 1. The van der Waals surface area contributed by atoms with Crippen molar-refractivity contribution in [3.63, 3.8) is 0 Å². The van der Waals surface area contributed by atoms with Gasteiger partial charge < -0.3 is 15.1 Å². The van der Waals surface area contributed by atoms with E-state index in [4.69, 9.17) is 0 Å². The molecule has 0 aromatic heterocycles.